The van der Waals surface area contributed by atoms with Gasteiger partial charge in [-0.15, -0.1) is 0 Å². The first-order valence-corrected chi connectivity index (χ1v) is 29.2. The molecule has 0 spiro atoms. The zero-order valence-electron chi connectivity index (χ0n) is 44.1. The van der Waals surface area contributed by atoms with Gasteiger partial charge >= 0.3 is 6.85 Å². The molecular formula is C69H61BN2Si. The molecule has 15 rings (SSSR count). The van der Waals surface area contributed by atoms with Crippen molar-refractivity contribution in [2.24, 2.45) is 0 Å². The average molecular weight is 957 g/mol. The molecule has 4 heteroatoms. The molecule has 9 aromatic carbocycles. The number of nitrogens with zero attached hydrogens (tertiary/aromatic N) is 2. The maximum absolute atomic E-state index is 2.79. The van der Waals surface area contributed by atoms with Crippen LogP contribution in [0.1, 0.15) is 103 Å². The first kappa shape index (κ1) is 43.4. The fourth-order valence-corrected chi connectivity index (χ4v) is 19.4. The molecule has 5 aliphatic rings. The largest absolute Gasteiger partial charge is 0.376 e. The maximum atomic E-state index is 2.79. The molecule has 2 aliphatic carbocycles. The number of benzene rings is 9. The van der Waals surface area contributed by atoms with Crippen LogP contribution >= 0.6 is 0 Å². The Morgan fingerprint density at radius 2 is 1.05 bits per heavy atom. The standard InChI is InChI=1S/C69H61BN2Si/c1-66(2,3)40-29-32-42(33-30-40)72-57-38-48-45-24-16-19-27-52(45)68(7,8)53(48)36-50(57)60-61-46-25-17-20-28-59(46)73(11,43-21-13-12-14-22-43)65(61)62-49-35-41(67(4,5)6)31-34-56(49)71-58-39-54-47(37-55(58)70(72)63(60)64(62)71)44-23-15-18-26-51(44)69(54,9)10/h12-39H,1-11H3. The number of anilines is 2. The quantitative estimate of drug-likeness (QED) is 0.157. The molecule has 0 radical (unpaired) electrons. The van der Waals surface area contributed by atoms with Crippen molar-refractivity contribution in [2.75, 3.05) is 4.81 Å². The molecule has 0 bridgehead atoms. The molecule has 0 fully saturated rings. The molecule has 0 saturated heterocycles. The highest BCUT2D eigenvalue weighted by Crippen LogP contribution is 2.57. The molecule has 73 heavy (non-hydrogen) atoms. The lowest BCUT2D eigenvalue weighted by atomic mass is 9.43. The predicted molar refractivity (Wildman–Crippen MR) is 315 cm³/mol. The molecule has 1 unspecified atom stereocenters. The number of fused-ring (bicyclic) bond motifs is 19. The van der Waals surface area contributed by atoms with E-state index in [1.54, 1.807) is 5.19 Å². The molecule has 10 aromatic rings. The first-order valence-electron chi connectivity index (χ1n) is 26.7. The molecule has 4 heterocycles. The molecule has 0 N–H and O–H groups in total. The van der Waals surface area contributed by atoms with Crippen molar-refractivity contribution in [2.45, 2.75) is 97.4 Å². The van der Waals surface area contributed by atoms with Gasteiger partial charge in [0, 0.05) is 44.2 Å². The van der Waals surface area contributed by atoms with Crippen LogP contribution in [0.15, 0.2) is 170 Å². The summed E-state index contributed by atoms with van der Waals surface area (Å²) in [6.07, 6.45) is 0. The van der Waals surface area contributed by atoms with Crippen molar-refractivity contribution in [3.63, 3.8) is 0 Å². The zero-order chi connectivity index (χ0) is 50.0. The highest BCUT2D eigenvalue weighted by Gasteiger charge is 2.54. The van der Waals surface area contributed by atoms with Crippen LogP contribution in [0.2, 0.25) is 6.55 Å². The van der Waals surface area contributed by atoms with Gasteiger partial charge in [-0.05, 0) is 152 Å². The zero-order valence-corrected chi connectivity index (χ0v) is 45.1. The lowest BCUT2D eigenvalue weighted by Gasteiger charge is -2.44. The van der Waals surface area contributed by atoms with Crippen molar-refractivity contribution in [1.29, 1.82) is 0 Å². The summed E-state index contributed by atoms with van der Waals surface area (Å²) in [5, 5.41) is 7.36. The monoisotopic (exact) mass is 956 g/mol. The van der Waals surface area contributed by atoms with Crippen LogP contribution in [0.3, 0.4) is 0 Å². The van der Waals surface area contributed by atoms with Crippen LogP contribution in [-0.4, -0.2) is 19.5 Å². The van der Waals surface area contributed by atoms with E-state index >= 15 is 0 Å². The molecule has 1 aromatic heterocycles. The second-order valence-electron chi connectivity index (χ2n) is 25.4. The van der Waals surface area contributed by atoms with Crippen LogP contribution in [0.4, 0.5) is 11.4 Å². The predicted octanol–water partition coefficient (Wildman–Crippen LogP) is 14.3. The molecular weight excluding hydrogens is 896 g/mol. The Balaban J connectivity index is 1.20. The molecule has 0 amide bonds. The Kier molecular flexibility index (Phi) is 8.28. The van der Waals surface area contributed by atoms with Gasteiger partial charge in [-0.3, -0.25) is 0 Å². The van der Waals surface area contributed by atoms with Gasteiger partial charge in [0.15, 0.2) is 0 Å². The second-order valence-corrected chi connectivity index (χ2v) is 29.3. The van der Waals surface area contributed by atoms with Crippen LogP contribution in [0, 0.1) is 0 Å². The van der Waals surface area contributed by atoms with Crippen LogP contribution < -0.4 is 31.3 Å². The topological polar surface area (TPSA) is 8.17 Å². The third kappa shape index (κ3) is 5.35. The summed E-state index contributed by atoms with van der Waals surface area (Å²) in [5.41, 5.74) is 28.3. The van der Waals surface area contributed by atoms with E-state index in [9.17, 15) is 0 Å². The molecule has 0 saturated carbocycles. The summed E-state index contributed by atoms with van der Waals surface area (Å²) in [6, 6.07) is 67.4. The van der Waals surface area contributed by atoms with Crippen molar-refractivity contribution in [3.05, 3.63) is 203 Å². The number of rotatable bonds is 2. The van der Waals surface area contributed by atoms with E-state index in [0.717, 1.165) is 0 Å². The van der Waals surface area contributed by atoms with Crippen molar-refractivity contribution in [3.8, 4) is 50.2 Å². The number of hydrogen-bond acceptors (Lipinski definition) is 1. The summed E-state index contributed by atoms with van der Waals surface area (Å²) < 4.78 is 2.77. The Morgan fingerprint density at radius 1 is 0.479 bits per heavy atom. The molecule has 3 aliphatic heterocycles. The normalized spacial score (nSPS) is 17.7. The van der Waals surface area contributed by atoms with Gasteiger partial charge in [-0.25, -0.2) is 0 Å². The Hall–Kier alpha value is -7.14. The fourth-order valence-electron chi connectivity index (χ4n) is 15.0. The lowest BCUT2D eigenvalue weighted by molar-refractivity contribution is 0.590. The Labute approximate surface area is 432 Å². The van der Waals surface area contributed by atoms with Crippen molar-refractivity contribution >= 4 is 74.6 Å². The van der Waals surface area contributed by atoms with Gasteiger partial charge in [0.25, 0.3) is 0 Å². The minimum Gasteiger partial charge on any atom is -0.376 e. The van der Waals surface area contributed by atoms with E-state index in [1.807, 2.05) is 0 Å². The summed E-state index contributed by atoms with van der Waals surface area (Å²) in [5.74, 6) is 0. The number of aromatic nitrogens is 1. The van der Waals surface area contributed by atoms with Gasteiger partial charge in [0.05, 0.1) is 11.0 Å². The minimum absolute atomic E-state index is 0.0154. The highest BCUT2D eigenvalue weighted by molar-refractivity contribution is 7.15. The first-order chi connectivity index (χ1) is 34.9. The van der Waals surface area contributed by atoms with Crippen molar-refractivity contribution < 1.29 is 0 Å². The van der Waals surface area contributed by atoms with E-state index in [4.69, 9.17) is 0 Å². The van der Waals surface area contributed by atoms with Gasteiger partial charge in [0.2, 0.25) is 0 Å². The molecule has 1 atom stereocenters. The van der Waals surface area contributed by atoms with Gasteiger partial charge in [-0.1, -0.05) is 203 Å². The van der Waals surface area contributed by atoms with Gasteiger partial charge < -0.3 is 9.38 Å². The highest BCUT2D eigenvalue weighted by atomic mass is 28.3. The van der Waals surface area contributed by atoms with Crippen LogP contribution in [0.25, 0.3) is 72.0 Å². The van der Waals surface area contributed by atoms with Gasteiger partial charge in [0.1, 0.15) is 8.07 Å². The van der Waals surface area contributed by atoms with Gasteiger partial charge in [-0.2, -0.15) is 0 Å². The Morgan fingerprint density at radius 3 is 1.71 bits per heavy atom. The third-order valence-corrected chi connectivity index (χ3v) is 23.2. The Bertz CT molecular complexity index is 4120. The lowest BCUT2D eigenvalue weighted by Crippen LogP contribution is -2.64. The molecule has 2 nitrogen and oxygen atoms in total. The van der Waals surface area contributed by atoms with Crippen LogP contribution in [0.5, 0.6) is 0 Å². The summed E-state index contributed by atoms with van der Waals surface area (Å²) >= 11 is 0. The second kappa shape index (κ2) is 13.9. The van der Waals surface area contributed by atoms with E-state index in [1.165, 1.54) is 138 Å². The SMILES string of the molecule is CC(C)(C)c1ccc(N2B3c4cc5c(cc4-n4c6ccc(C(C)(C)C)cc6c6c7c(c(c3c64)-c3cc4c(cc32)-c2ccccc2C4(C)C)-c2ccccc2[Si]7(C)c2ccccc2)C(C)(C)c2ccccc2-5)cc1. The van der Waals surface area contributed by atoms with E-state index in [-0.39, 0.29) is 28.5 Å². The third-order valence-electron chi connectivity index (χ3n) is 18.7. The average Bonchev–Trinajstić information content (AvgIpc) is 4.05. The smallest absolute Gasteiger partial charge is 0.333 e. The summed E-state index contributed by atoms with van der Waals surface area (Å²) in [6.45, 7) is 26.5. The minimum atomic E-state index is -2.72. The maximum Gasteiger partial charge on any atom is 0.333 e. The summed E-state index contributed by atoms with van der Waals surface area (Å²) in [7, 11) is -2.72. The fraction of sp³-hybridized carbons (Fsp3) is 0.217. The van der Waals surface area contributed by atoms with Crippen molar-refractivity contribution in [1.82, 2.24) is 4.57 Å². The van der Waals surface area contributed by atoms with E-state index < -0.39 is 8.07 Å². The van der Waals surface area contributed by atoms with E-state index in [2.05, 4.69) is 255 Å². The number of hydrogen-bond donors (Lipinski definition) is 0. The molecule has 354 valence electrons. The summed E-state index contributed by atoms with van der Waals surface area (Å²) in [4.78, 5) is 2.79. The van der Waals surface area contributed by atoms with E-state index in [0.29, 0.717) is 0 Å². The van der Waals surface area contributed by atoms with Crippen LogP contribution in [-0.2, 0) is 21.7 Å².